The number of carbonyl (C=O) groups is 1. The van der Waals surface area contributed by atoms with Crippen LogP contribution >= 0.6 is 11.6 Å². The molecule has 0 aliphatic heterocycles. The van der Waals surface area contributed by atoms with E-state index in [0.717, 1.165) is 6.07 Å². The molecule has 0 atom stereocenters. The van der Waals surface area contributed by atoms with Crippen LogP contribution in [0, 0.1) is 0 Å². The monoisotopic (exact) mass is 393 g/mol. The van der Waals surface area contributed by atoms with Crippen molar-refractivity contribution >= 4 is 23.2 Å². The number of carbonyl (C=O) groups excluding carboxylic acids is 1. The molecule has 0 aliphatic carbocycles. The van der Waals surface area contributed by atoms with Crippen LogP contribution in [0.25, 0.3) is 11.3 Å². The van der Waals surface area contributed by atoms with Gasteiger partial charge >= 0.3 is 6.18 Å². The number of rotatable bonds is 5. The summed E-state index contributed by atoms with van der Waals surface area (Å²) in [4.78, 5) is 12.0. The summed E-state index contributed by atoms with van der Waals surface area (Å²) in [5.74, 6) is 0.329. The summed E-state index contributed by atoms with van der Waals surface area (Å²) in [5, 5.41) is 3.28. The van der Waals surface area contributed by atoms with Gasteiger partial charge in [0, 0.05) is 29.1 Å². The minimum Gasteiger partial charge on any atom is -0.461 e. The molecule has 0 unspecified atom stereocenters. The molecule has 0 saturated carbocycles. The molecule has 3 aromatic rings. The van der Waals surface area contributed by atoms with E-state index < -0.39 is 11.7 Å². The predicted molar refractivity (Wildman–Crippen MR) is 97.5 cm³/mol. The zero-order chi connectivity index (χ0) is 19.4. The quantitative estimate of drug-likeness (QED) is 0.561. The third-order valence-electron chi connectivity index (χ3n) is 3.89. The summed E-state index contributed by atoms with van der Waals surface area (Å²) in [6, 6.07) is 15.0. The molecule has 2 aromatic carbocycles. The highest BCUT2D eigenvalue weighted by atomic mass is 35.5. The van der Waals surface area contributed by atoms with E-state index in [1.165, 1.54) is 24.3 Å². The number of halogens is 4. The Hall–Kier alpha value is -2.73. The molecule has 7 heteroatoms. The van der Waals surface area contributed by atoms with E-state index in [9.17, 15) is 18.0 Å². The van der Waals surface area contributed by atoms with E-state index in [1.54, 1.807) is 30.3 Å². The fourth-order valence-corrected chi connectivity index (χ4v) is 2.72. The predicted octanol–water partition coefficient (Wildman–Crippen LogP) is 6.19. The minimum atomic E-state index is -4.47. The zero-order valence-corrected chi connectivity index (χ0v) is 14.8. The van der Waals surface area contributed by atoms with Crippen molar-refractivity contribution in [2.45, 2.75) is 19.0 Å². The van der Waals surface area contributed by atoms with Crippen LogP contribution in [0.5, 0.6) is 0 Å². The minimum absolute atomic E-state index is 0.0261. The van der Waals surface area contributed by atoms with Gasteiger partial charge in [-0.05, 0) is 42.5 Å². The smallest absolute Gasteiger partial charge is 0.417 e. The Bertz CT molecular complexity index is 933. The number of hydrogen-bond acceptors (Lipinski definition) is 2. The highest BCUT2D eigenvalue weighted by molar-refractivity contribution is 6.30. The molecule has 3 nitrogen and oxygen atoms in total. The molecule has 0 saturated heterocycles. The van der Waals surface area contributed by atoms with E-state index in [1.807, 2.05) is 0 Å². The third kappa shape index (κ3) is 4.92. The first-order chi connectivity index (χ1) is 12.8. The molecule has 27 heavy (non-hydrogen) atoms. The molecule has 3 rings (SSSR count). The van der Waals surface area contributed by atoms with Gasteiger partial charge in [-0.2, -0.15) is 13.2 Å². The fourth-order valence-electron chi connectivity index (χ4n) is 2.60. The Morgan fingerprint density at radius 1 is 1.00 bits per heavy atom. The lowest BCUT2D eigenvalue weighted by atomic mass is 10.1. The van der Waals surface area contributed by atoms with Crippen molar-refractivity contribution < 1.29 is 22.4 Å². The summed E-state index contributed by atoms with van der Waals surface area (Å²) in [6.45, 7) is 0. The van der Waals surface area contributed by atoms with Crippen LogP contribution in [0.1, 0.15) is 17.7 Å². The maximum absolute atomic E-state index is 13.1. The fraction of sp³-hybridized carbons (Fsp3) is 0.150. The van der Waals surface area contributed by atoms with Gasteiger partial charge in [-0.3, -0.25) is 4.79 Å². The van der Waals surface area contributed by atoms with Gasteiger partial charge in [0.2, 0.25) is 5.91 Å². The van der Waals surface area contributed by atoms with Crippen LogP contribution < -0.4 is 5.32 Å². The second-order valence-corrected chi connectivity index (χ2v) is 6.30. The molecular weight excluding hydrogens is 379 g/mol. The maximum Gasteiger partial charge on any atom is 0.417 e. The standard InChI is InChI=1S/C20H15ClF3NO2/c21-13-5-7-14(8-6-13)25-19(26)12-10-15-9-11-18(27-15)16-3-1-2-4-17(16)20(22,23)24/h1-9,11H,10,12H2,(H,25,26). The second kappa shape index (κ2) is 7.88. The van der Waals surface area contributed by atoms with Crippen LogP contribution in [0.2, 0.25) is 5.02 Å². The van der Waals surface area contributed by atoms with Gasteiger partial charge in [-0.25, -0.2) is 0 Å². The van der Waals surface area contributed by atoms with Gasteiger partial charge in [-0.1, -0.05) is 29.8 Å². The molecule has 1 heterocycles. The molecule has 0 aliphatic rings. The van der Waals surface area contributed by atoms with Crippen LogP contribution in [0.15, 0.2) is 65.1 Å². The molecule has 1 aromatic heterocycles. The Balaban J connectivity index is 1.65. The zero-order valence-electron chi connectivity index (χ0n) is 14.0. The normalized spacial score (nSPS) is 11.4. The molecule has 0 radical (unpaired) electrons. The molecule has 0 fully saturated rings. The van der Waals surface area contributed by atoms with E-state index in [2.05, 4.69) is 5.32 Å². The van der Waals surface area contributed by atoms with Gasteiger partial charge in [0.25, 0.3) is 0 Å². The first-order valence-electron chi connectivity index (χ1n) is 8.13. The van der Waals surface area contributed by atoms with Crippen molar-refractivity contribution in [1.82, 2.24) is 0 Å². The Kier molecular flexibility index (Phi) is 5.56. The summed E-state index contributed by atoms with van der Waals surface area (Å²) in [5.41, 5.74) is -0.170. The Labute approximate surface area is 158 Å². The molecule has 1 amide bonds. The molecule has 0 spiro atoms. The summed E-state index contributed by atoms with van der Waals surface area (Å²) >= 11 is 5.79. The van der Waals surface area contributed by atoms with Crippen LogP contribution in [-0.2, 0) is 17.4 Å². The number of hydrogen-bond donors (Lipinski definition) is 1. The lowest BCUT2D eigenvalue weighted by Gasteiger charge is -2.10. The number of benzene rings is 2. The number of amides is 1. The average molecular weight is 394 g/mol. The highest BCUT2D eigenvalue weighted by Gasteiger charge is 2.34. The van der Waals surface area contributed by atoms with Crippen molar-refractivity contribution in [3.63, 3.8) is 0 Å². The molecule has 1 N–H and O–H groups in total. The van der Waals surface area contributed by atoms with Crippen LogP contribution in [-0.4, -0.2) is 5.91 Å². The number of aryl methyl sites for hydroxylation is 1. The second-order valence-electron chi connectivity index (χ2n) is 5.86. The van der Waals surface area contributed by atoms with Crippen molar-refractivity contribution in [3.05, 3.63) is 77.0 Å². The van der Waals surface area contributed by atoms with Gasteiger partial charge in [-0.15, -0.1) is 0 Å². The largest absolute Gasteiger partial charge is 0.461 e. The van der Waals surface area contributed by atoms with E-state index in [-0.39, 0.29) is 30.1 Å². The maximum atomic E-state index is 13.1. The first-order valence-corrected chi connectivity index (χ1v) is 8.51. The van der Waals surface area contributed by atoms with Crippen molar-refractivity contribution in [2.24, 2.45) is 0 Å². The summed E-state index contributed by atoms with van der Waals surface area (Å²) in [6.07, 6.45) is -4.06. The third-order valence-corrected chi connectivity index (χ3v) is 4.14. The van der Waals surface area contributed by atoms with Gasteiger partial charge in [0.1, 0.15) is 11.5 Å². The van der Waals surface area contributed by atoms with Gasteiger partial charge < -0.3 is 9.73 Å². The van der Waals surface area contributed by atoms with E-state index >= 15 is 0 Å². The molecule has 140 valence electrons. The SMILES string of the molecule is O=C(CCc1ccc(-c2ccccc2C(F)(F)F)o1)Nc1ccc(Cl)cc1. The number of alkyl halides is 3. The van der Waals surface area contributed by atoms with Gasteiger partial charge in [0.15, 0.2) is 0 Å². The van der Waals surface area contributed by atoms with Crippen LogP contribution in [0.4, 0.5) is 18.9 Å². The van der Waals surface area contributed by atoms with Gasteiger partial charge in [0.05, 0.1) is 5.56 Å². The first kappa shape index (κ1) is 19.0. The molecular formula is C20H15ClF3NO2. The van der Waals surface area contributed by atoms with Crippen LogP contribution in [0.3, 0.4) is 0 Å². The number of furan rings is 1. The Morgan fingerprint density at radius 3 is 2.41 bits per heavy atom. The van der Waals surface area contributed by atoms with Crippen molar-refractivity contribution in [2.75, 3.05) is 5.32 Å². The van der Waals surface area contributed by atoms with E-state index in [4.69, 9.17) is 16.0 Å². The average Bonchev–Trinajstić information content (AvgIpc) is 3.10. The lowest BCUT2D eigenvalue weighted by molar-refractivity contribution is -0.137. The topological polar surface area (TPSA) is 42.2 Å². The lowest BCUT2D eigenvalue weighted by Crippen LogP contribution is -2.12. The summed E-state index contributed by atoms with van der Waals surface area (Å²) < 4.78 is 44.9. The Morgan fingerprint density at radius 2 is 1.70 bits per heavy atom. The van der Waals surface area contributed by atoms with Crippen molar-refractivity contribution in [1.29, 1.82) is 0 Å². The number of nitrogens with one attached hydrogen (secondary N) is 1. The highest BCUT2D eigenvalue weighted by Crippen LogP contribution is 2.37. The van der Waals surface area contributed by atoms with E-state index in [0.29, 0.717) is 16.5 Å². The molecule has 0 bridgehead atoms. The number of anilines is 1. The summed E-state index contributed by atoms with van der Waals surface area (Å²) in [7, 11) is 0. The van der Waals surface area contributed by atoms with Crippen molar-refractivity contribution in [3.8, 4) is 11.3 Å².